The second kappa shape index (κ2) is 1.72. The number of fused-ring (bicyclic) bond motifs is 1. The highest BCUT2D eigenvalue weighted by Crippen LogP contribution is 2.31. The van der Waals surface area contributed by atoms with Gasteiger partial charge in [-0.05, 0) is 0 Å². The van der Waals surface area contributed by atoms with Crippen molar-refractivity contribution in [2.24, 2.45) is 0 Å². The Morgan fingerprint density at radius 1 is 1.40 bits per heavy atom. The first kappa shape index (κ1) is 6.57. The number of sulfonamides is 1. The van der Waals surface area contributed by atoms with Crippen LogP contribution >= 0.6 is 0 Å². The lowest BCUT2D eigenvalue weighted by molar-refractivity contribution is 0.273. The highest BCUT2D eigenvalue weighted by atomic mass is 32.2. The highest BCUT2D eigenvalue weighted by Gasteiger charge is 2.49. The van der Waals surface area contributed by atoms with Gasteiger partial charge < -0.3 is 4.74 Å². The molecule has 58 valence electrons. The number of ether oxygens (including phenoxy) is 1. The van der Waals surface area contributed by atoms with E-state index >= 15 is 0 Å². The molecule has 5 heteroatoms. The Morgan fingerprint density at radius 3 is 2.20 bits per heavy atom. The zero-order chi connectivity index (χ0) is 7.35. The van der Waals surface area contributed by atoms with Crippen LogP contribution in [0.25, 0.3) is 0 Å². The summed E-state index contributed by atoms with van der Waals surface area (Å²) < 4.78 is 28.3. The third-order valence-electron chi connectivity index (χ3n) is 1.92. The molecule has 0 aromatic rings. The first-order chi connectivity index (χ1) is 4.57. The lowest BCUT2D eigenvalue weighted by Gasteiger charge is -2.12. The Labute approximate surface area is 59.8 Å². The number of epoxide rings is 1. The van der Waals surface area contributed by atoms with Gasteiger partial charge in [0.05, 0.1) is 18.5 Å². The second-order valence-electron chi connectivity index (χ2n) is 2.79. The monoisotopic (exact) mass is 163 g/mol. The molecule has 0 radical (unpaired) electrons. The maximum absolute atomic E-state index is 10.9. The molecule has 2 saturated heterocycles. The summed E-state index contributed by atoms with van der Waals surface area (Å²) in [4.78, 5) is 0. The van der Waals surface area contributed by atoms with Gasteiger partial charge in [-0.1, -0.05) is 0 Å². The van der Waals surface area contributed by atoms with Gasteiger partial charge in [0.2, 0.25) is 10.0 Å². The second-order valence-corrected chi connectivity index (χ2v) is 4.78. The van der Waals surface area contributed by atoms with E-state index in [1.54, 1.807) is 0 Å². The fourth-order valence-electron chi connectivity index (χ4n) is 1.25. The Balaban J connectivity index is 2.10. The zero-order valence-electron chi connectivity index (χ0n) is 5.65. The maximum atomic E-state index is 10.9. The number of rotatable bonds is 1. The van der Waals surface area contributed by atoms with Gasteiger partial charge in [0.25, 0.3) is 0 Å². The summed E-state index contributed by atoms with van der Waals surface area (Å²) in [7, 11) is -2.95. The Morgan fingerprint density at radius 2 is 1.90 bits per heavy atom. The SMILES string of the molecule is CS(=O)(=O)N1CC2OC2C1. The van der Waals surface area contributed by atoms with Gasteiger partial charge in [-0.2, -0.15) is 4.31 Å². The molecule has 0 spiro atoms. The number of hydrogen-bond acceptors (Lipinski definition) is 3. The van der Waals surface area contributed by atoms with Gasteiger partial charge in [-0.25, -0.2) is 8.42 Å². The lowest BCUT2D eigenvalue weighted by Crippen LogP contribution is -2.30. The van der Waals surface area contributed by atoms with E-state index in [0.717, 1.165) is 0 Å². The topological polar surface area (TPSA) is 49.9 Å². The lowest BCUT2D eigenvalue weighted by atomic mass is 10.4. The molecule has 0 aromatic heterocycles. The van der Waals surface area contributed by atoms with Crippen molar-refractivity contribution in [1.29, 1.82) is 0 Å². The third kappa shape index (κ3) is 0.941. The number of hydrogen-bond donors (Lipinski definition) is 0. The fourth-order valence-corrected chi connectivity index (χ4v) is 2.08. The molecule has 2 rings (SSSR count). The molecule has 0 bridgehead atoms. The van der Waals surface area contributed by atoms with Crippen molar-refractivity contribution >= 4 is 10.0 Å². The highest BCUT2D eigenvalue weighted by molar-refractivity contribution is 7.88. The summed E-state index contributed by atoms with van der Waals surface area (Å²) in [5.41, 5.74) is 0. The van der Waals surface area contributed by atoms with Gasteiger partial charge in [0, 0.05) is 13.1 Å². The van der Waals surface area contributed by atoms with Crippen LogP contribution in [0.5, 0.6) is 0 Å². The molecule has 2 aliphatic heterocycles. The predicted octanol–water partition coefficient (Wildman–Crippen LogP) is -0.971. The van der Waals surface area contributed by atoms with Crippen LogP contribution in [0.15, 0.2) is 0 Å². The minimum absolute atomic E-state index is 0.203. The molecule has 2 fully saturated rings. The first-order valence-electron chi connectivity index (χ1n) is 3.18. The standard InChI is InChI=1S/C5H9NO3S/c1-10(7,8)6-2-4-5(3-6)9-4/h4-5H,2-3H2,1H3. The Hall–Kier alpha value is -0.130. The quantitative estimate of drug-likeness (QED) is 0.467. The van der Waals surface area contributed by atoms with Gasteiger partial charge in [-0.15, -0.1) is 0 Å². The molecule has 0 aliphatic carbocycles. The van der Waals surface area contributed by atoms with Crippen LogP contribution in [-0.2, 0) is 14.8 Å². The molecule has 0 amide bonds. The Kier molecular flexibility index (Phi) is 1.13. The van der Waals surface area contributed by atoms with Crippen molar-refractivity contribution in [3.05, 3.63) is 0 Å². The average Bonchev–Trinajstić information content (AvgIpc) is 2.38. The summed E-state index contributed by atoms with van der Waals surface area (Å²) in [6.45, 7) is 1.12. The molecule has 2 heterocycles. The summed E-state index contributed by atoms with van der Waals surface area (Å²) >= 11 is 0. The van der Waals surface area contributed by atoms with Crippen molar-refractivity contribution in [3.63, 3.8) is 0 Å². The van der Waals surface area contributed by atoms with Gasteiger partial charge >= 0.3 is 0 Å². The molecule has 0 N–H and O–H groups in total. The Bertz CT molecular complexity index is 238. The molecule has 0 aromatic carbocycles. The minimum atomic E-state index is -2.95. The van der Waals surface area contributed by atoms with Crippen molar-refractivity contribution in [3.8, 4) is 0 Å². The largest absolute Gasteiger partial charge is 0.367 e. The van der Waals surface area contributed by atoms with Gasteiger partial charge in [-0.3, -0.25) is 0 Å². The third-order valence-corrected chi connectivity index (χ3v) is 3.16. The molecule has 10 heavy (non-hydrogen) atoms. The molecule has 2 unspecified atom stereocenters. The molecular formula is C5H9NO3S. The molecular weight excluding hydrogens is 154 g/mol. The molecule has 4 nitrogen and oxygen atoms in total. The van der Waals surface area contributed by atoms with Crippen LogP contribution in [0.2, 0.25) is 0 Å². The van der Waals surface area contributed by atoms with E-state index in [4.69, 9.17) is 4.74 Å². The van der Waals surface area contributed by atoms with E-state index in [1.165, 1.54) is 10.6 Å². The summed E-state index contributed by atoms with van der Waals surface area (Å²) in [6, 6.07) is 0. The van der Waals surface area contributed by atoms with Crippen LogP contribution in [0.3, 0.4) is 0 Å². The van der Waals surface area contributed by atoms with Gasteiger partial charge in [0.15, 0.2) is 0 Å². The summed E-state index contributed by atoms with van der Waals surface area (Å²) in [5.74, 6) is 0. The predicted molar refractivity (Wildman–Crippen MR) is 35.1 cm³/mol. The van der Waals surface area contributed by atoms with Crippen molar-refractivity contribution in [2.75, 3.05) is 19.3 Å². The van der Waals surface area contributed by atoms with Crippen LogP contribution < -0.4 is 0 Å². The van der Waals surface area contributed by atoms with Crippen molar-refractivity contribution in [1.82, 2.24) is 4.31 Å². The molecule has 2 aliphatic rings. The molecule has 2 atom stereocenters. The van der Waals surface area contributed by atoms with E-state index in [-0.39, 0.29) is 12.2 Å². The van der Waals surface area contributed by atoms with Crippen molar-refractivity contribution < 1.29 is 13.2 Å². The average molecular weight is 163 g/mol. The first-order valence-corrected chi connectivity index (χ1v) is 5.03. The minimum Gasteiger partial charge on any atom is -0.367 e. The fraction of sp³-hybridized carbons (Fsp3) is 1.00. The smallest absolute Gasteiger partial charge is 0.211 e. The normalized spacial score (nSPS) is 39.7. The van der Waals surface area contributed by atoms with Crippen LogP contribution in [0.1, 0.15) is 0 Å². The summed E-state index contributed by atoms with van der Waals surface area (Å²) in [5, 5.41) is 0. The number of morpholine rings is 1. The van der Waals surface area contributed by atoms with E-state index in [2.05, 4.69) is 0 Å². The van der Waals surface area contributed by atoms with Crippen LogP contribution in [0, 0.1) is 0 Å². The van der Waals surface area contributed by atoms with Crippen molar-refractivity contribution in [2.45, 2.75) is 12.2 Å². The van der Waals surface area contributed by atoms with Crippen LogP contribution in [-0.4, -0.2) is 44.3 Å². The van der Waals surface area contributed by atoms with E-state index in [0.29, 0.717) is 13.1 Å². The zero-order valence-corrected chi connectivity index (χ0v) is 6.47. The molecule has 0 saturated carbocycles. The van der Waals surface area contributed by atoms with E-state index in [1.807, 2.05) is 0 Å². The van der Waals surface area contributed by atoms with Crippen LogP contribution in [0.4, 0.5) is 0 Å². The maximum Gasteiger partial charge on any atom is 0.211 e. The van der Waals surface area contributed by atoms with E-state index < -0.39 is 10.0 Å². The summed E-state index contributed by atoms with van der Waals surface area (Å²) in [6.07, 6.45) is 1.64. The number of nitrogens with zero attached hydrogens (tertiary/aromatic N) is 1. The van der Waals surface area contributed by atoms with Gasteiger partial charge in [0.1, 0.15) is 0 Å². The van der Waals surface area contributed by atoms with E-state index in [9.17, 15) is 8.42 Å².